The normalized spacial score (nSPS) is 16.8. The molecule has 2 aromatic rings. The van der Waals surface area contributed by atoms with E-state index in [1.54, 1.807) is 17.9 Å². The Morgan fingerprint density at radius 3 is 2.37 bits per heavy atom. The van der Waals surface area contributed by atoms with Crippen LogP contribution in [0, 0.1) is 0 Å². The monoisotopic (exact) mass is 425 g/mol. The third-order valence-electron chi connectivity index (χ3n) is 4.71. The van der Waals surface area contributed by atoms with Gasteiger partial charge in [-0.1, -0.05) is 64.5 Å². The van der Waals surface area contributed by atoms with E-state index in [9.17, 15) is 9.59 Å². The van der Waals surface area contributed by atoms with Crippen LogP contribution in [0.1, 0.15) is 31.0 Å². The minimum absolute atomic E-state index is 0.205. The number of benzene rings is 2. The molecule has 0 aliphatic carbocycles. The van der Waals surface area contributed by atoms with Crippen LogP contribution in [-0.2, 0) is 14.3 Å². The minimum atomic E-state index is -0.512. The molecule has 5 heteroatoms. The Morgan fingerprint density at radius 2 is 1.74 bits per heavy atom. The van der Waals surface area contributed by atoms with Gasteiger partial charge in [-0.15, -0.1) is 0 Å². The van der Waals surface area contributed by atoms with E-state index in [-0.39, 0.29) is 11.9 Å². The van der Waals surface area contributed by atoms with E-state index in [0.29, 0.717) is 16.8 Å². The lowest BCUT2D eigenvalue weighted by Gasteiger charge is -2.26. The molecule has 1 aliphatic heterocycles. The maximum Gasteiger partial charge on any atom is 0.340 e. The van der Waals surface area contributed by atoms with Crippen molar-refractivity contribution in [3.63, 3.8) is 0 Å². The van der Waals surface area contributed by atoms with Crippen LogP contribution in [0.25, 0.3) is 6.08 Å². The molecule has 0 saturated heterocycles. The summed E-state index contributed by atoms with van der Waals surface area (Å²) in [6.45, 7) is 3.73. The van der Waals surface area contributed by atoms with Gasteiger partial charge >= 0.3 is 5.97 Å². The van der Waals surface area contributed by atoms with Gasteiger partial charge in [-0.3, -0.25) is 4.79 Å². The van der Waals surface area contributed by atoms with Crippen molar-refractivity contribution in [3.05, 3.63) is 87.0 Å². The zero-order valence-electron chi connectivity index (χ0n) is 15.4. The van der Waals surface area contributed by atoms with Gasteiger partial charge in [-0.25, -0.2) is 4.79 Å². The highest BCUT2D eigenvalue weighted by Gasteiger charge is 2.39. The molecule has 1 atom stereocenters. The Kier molecular flexibility index (Phi) is 5.61. The second-order valence-corrected chi connectivity index (χ2v) is 7.15. The number of carbonyl (C=O) groups is 2. The second-order valence-electron chi connectivity index (χ2n) is 6.29. The first-order valence-corrected chi connectivity index (χ1v) is 9.39. The SMILES string of the molecule is COC(=O)C1=C(C)N([C@H](C)c2ccccc2)C(=O)/C1=C\c1ccccc1Br. The Labute approximate surface area is 167 Å². The Bertz CT molecular complexity index is 947. The average molecular weight is 426 g/mol. The predicted molar refractivity (Wildman–Crippen MR) is 109 cm³/mol. The van der Waals surface area contributed by atoms with Crippen LogP contribution in [0.15, 0.2) is 75.9 Å². The molecular weight excluding hydrogens is 406 g/mol. The first-order chi connectivity index (χ1) is 13.0. The number of allylic oxidation sites excluding steroid dienone is 1. The summed E-state index contributed by atoms with van der Waals surface area (Å²) < 4.78 is 5.81. The molecule has 0 radical (unpaired) electrons. The molecule has 0 aromatic heterocycles. The molecule has 0 fully saturated rings. The molecule has 1 amide bonds. The van der Waals surface area contributed by atoms with Crippen molar-refractivity contribution >= 4 is 33.9 Å². The topological polar surface area (TPSA) is 46.6 Å². The lowest BCUT2D eigenvalue weighted by atomic mass is 10.0. The van der Waals surface area contributed by atoms with Crippen LogP contribution < -0.4 is 0 Å². The quantitative estimate of drug-likeness (QED) is 0.517. The first kappa shape index (κ1) is 19.1. The summed E-state index contributed by atoms with van der Waals surface area (Å²) in [5.74, 6) is -0.720. The van der Waals surface area contributed by atoms with Crippen LogP contribution in [0.4, 0.5) is 0 Å². The van der Waals surface area contributed by atoms with Crippen molar-refractivity contribution in [2.75, 3.05) is 7.11 Å². The molecule has 1 heterocycles. The molecule has 3 rings (SSSR count). The van der Waals surface area contributed by atoms with E-state index in [0.717, 1.165) is 15.6 Å². The van der Waals surface area contributed by atoms with Crippen molar-refractivity contribution in [3.8, 4) is 0 Å². The highest BCUT2D eigenvalue weighted by atomic mass is 79.9. The fraction of sp³-hybridized carbons (Fsp3) is 0.182. The summed E-state index contributed by atoms with van der Waals surface area (Å²) in [7, 11) is 1.33. The van der Waals surface area contributed by atoms with Crippen LogP contribution in [0.5, 0.6) is 0 Å². The molecule has 0 N–H and O–H groups in total. The number of hydrogen-bond acceptors (Lipinski definition) is 3. The standard InChI is InChI=1S/C22H20BrNO3/c1-14(16-9-5-4-6-10-16)24-15(2)20(22(26)27-3)18(21(24)25)13-17-11-7-8-12-19(17)23/h4-14H,1-3H3/b18-13-/t14-/m1/s1. The Balaban J connectivity index is 2.11. The second kappa shape index (κ2) is 7.92. The lowest BCUT2D eigenvalue weighted by Crippen LogP contribution is -2.28. The summed E-state index contributed by atoms with van der Waals surface area (Å²) >= 11 is 3.49. The van der Waals surface area contributed by atoms with Gasteiger partial charge in [0, 0.05) is 10.2 Å². The average Bonchev–Trinajstić information content (AvgIpc) is 2.93. The molecule has 4 nitrogen and oxygen atoms in total. The van der Waals surface area contributed by atoms with Gasteiger partial charge in [0.15, 0.2) is 0 Å². The third-order valence-corrected chi connectivity index (χ3v) is 5.43. The number of nitrogens with zero attached hydrogens (tertiary/aromatic N) is 1. The van der Waals surface area contributed by atoms with Crippen molar-refractivity contribution < 1.29 is 14.3 Å². The zero-order valence-corrected chi connectivity index (χ0v) is 17.0. The maximum absolute atomic E-state index is 13.3. The Morgan fingerprint density at radius 1 is 1.11 bits per heavy atom. The van der Waals surface area contributed by atoms with Crippen molar-refractivity contribution in [2.45, 2.75) is 19.9 Å². The van der Waals surface area contributed by atoms with E-state index in [1.165, 1.54) is 7.11 Å². The zero-order chi connectivity index (χ0) is 19.6. The van der Waals surface area contributed by atoms with Gasteiger partial charge in [0.05, 0.1) is 24.3 Å². The van der Waals surface area contributed by atoms with E-state index >= 15 is 0 Å². The van der Waals surface area contributed by atoms with Crippen LogP contribution in [0.3, 0.4) is 0 Å². The van der Waals surface area contributed by atoms with Gasteiger partial charge in [0.2, 0.25) is 0 Å². The summed E-state index contributed by atoms with van der Waals surface area (Å²) in [5, 5.41) is 0. The molecule has 138 valence electrons. The van der Waals surface area contributed by atoms with E-state index < -0.39 is 5.97 Å². The van der Waals surface area contributed by atoms with E-state index in [1.807, 2.05) is 61.5 Å². The Hall–Kier alpha value is -2.66. The molecule has 0 spiro atoms. The molecule has 2 aromatic carbocycles. The van der Waals surface area contributed by atoms with Crippen molar-refractivity contribution in [1.29, 1.82) is 0 Å². The number of methoxy groups -OCH3 is 1. The number of ether oxygens (including phenoxy) is 1. The molecule has 0 unspecified atom stereocenters. The highest BCUT2D eigenvalue weighted by Crippen LogP contribution is 2.38. The maximum atomic E-state index is 13.3. The fourth-order valence-electron chi connectivity index (χ4n) is 3.29. The highest BCUT2D eigenvalue weighted by molar-refractivity contribution is 9.10. The van der Waals surface area contributed by atoms with Gasteiger partial charge in [-0.2, -0.15) is 0 Å². The number of amides is 1. The molecule has 0 saturated carbocycles. The smallest absolute Gasteiger partial charge is 0.340 e. The molecule has 0 bridgehead atoms. The number of hydrogen-bond donors (Lipinski definition) is 0. The number of halogens is 1. The van der Waals surface area contributed by atoms with Gasteiger partial charge in [0.25, 0.3) is 5.91 Å². The fourth-order valence-corrected chi connectivity index (χ4v) is 3.69. The van der Waals surface area contributed by atoms with Gasteiger partial charge in [0.1, 0.15) is 0 Å². The molecule has 1 aliphatic rings. The predicted octanol–water partition coefficient (Wildman–Crippen LogP) is 4.88. The lowest BCUT2D eigenvalue weighted by molar-refractivity contribution is -0.136. The van der Waals surface area contributed by atoms with Crippen molar-refractivity contribution in [2.24, 2.45) is 0 Å². The van der Waals surface area contributed by atoms with Crippen LogP contribution >= 0.6 is 15.9 Å². The van der Waals surface area contributed by atoms with E-state index in [2.05, 4.69) is 15.9 Å². The summed E-state index contributed by atoms with van der Waals surface area (Å²) in [4.78, 5) is 27.4. The summed E-state index contributed by atoms with van der Waals surface area (Å²) in [5.41, 5.74) is 3.07. The summed E-state index contributed by atoms with van der Waals surface area (Å²) in [6, 6.07) is 17.1. The summed E-state index contributed by atoms with van der Waals surface area (Å²) in [6.07, 6.45) is 1.74. The van der Waals surface area contributed by atoms with Crippen LogP contribution in [0.2, 0.25) is 0 Å². The molecular formula is C22H20BrNO3. The van der Waals surface area contributed by atoms with Crippen LogP contribution in [-0.4, -0.2) is 23.9 Å². The van der Waals surface area contributed by atoms with Gasteiger partial charge < -0.3 is 9.64 Å². The largest absolute Gasteiger partial charge is 0.465 e. The minimum Gasteiger partial charge on any atom is -0.465 e. The van der Waals surface area contributed by atoms with Gasteiger partial charge in [-0.05, 0) is 37.1 Å². The van der Waals surface area contributed by atoms with Crippen molar-refractivity contribution in [1.82, 2.24) is 4.90 Å². The molecule has 27 heavy (non-hydrogen) atoms. The number of carbonyl (C=O) groups excluding carboxylic acids is 2. The third kappa shape index (κ3) is 3.60. The number of rotatable bonds is 4. The number of esters is 1. The van der Waals surface area contributed by atoms with E-state index in [4.69, 9.17) is 4.74 Å². The first-order valence-electron chi connectivity index (χ1n) is 8.60.